The molecule has 2 aromatic rings. The highest BCUT2D eigenvalue weighted by atomic mass is 79.9. The smallest absolute Gasteiger partial charge is 0.335 e. The molecule has 0 saturated heterocycles. The molecule has 0 unspecified atom stereocenters. The van der Waals surface area contributed by atoms with Crippen molar-refractivity contribution in [1.29, 1.82) is 0 Å². The fourth-order valence-corrected chi connectivity index (χ4v) is 2.49. The molecule has 116 valence electrons. The first-order valence-corrected chi connectivity index (χ1v) is 7.88. The molecular formula is C17H18BrNO3. The van der Waals surface area contributed by atoms with Crippen molar-refractivity contribution in [2.24, 2.45) is 0 Å². The highest BCUT2D eigenvalue weighted by Crippen LogP contribution is 2.26. The van der Waals surface area contributed by atoms with Crippen LogP contribution in [0.5, 0.6) is 5.75 Å². The van der Waals surface area contributed by atoms with Crippen LogP contribution in [0.2, 0.25) is 0 Å². The second-order valence-electron chi connectivity index (χ2n) is 4.85. The van der Waals surface area contributed by atoms with Crippen molar-refractivity contribution in [3.8, 4) is 5.75 Å². The standard InChI is InChI=1S/C17H18BrNO3/c1-2-8-22-16-7-6-12(9-15(16)18)11-19-14-5-3-4-13(10-14)17(20)21/h3-7,9-10,19H,2,8,11H2,1H3,(H,20,21). The van der Waals surface area contributed by atoms with Crippen LogP contribution in [-0.2, 0) is 6.54 Å². The Balaban J connectivity index is 2.01. The third-order valence-corrected chi connectivity index (χ3v) is 3.68. The second kappa shape index (κ2) is 7.84. The Morgan fingerprint density at radius 3 is 2.77 bits per heavy atom. The summed E-state index contributed by atoms with van der Waals surface area (Å²) in [4.78, 5) is 10.9. The fraction of sp³-hybridized carbons (Fsp3) is 0.235. The number of anilines is 1. The van der Waals surface area contributed by atoms with Crippen LogP contribution in [0.1, 0.15) is 29.3 Å². The molecule has 0 atom stereocenters. The molecule has 4 nitrogen and oxygen atoms in total. The minimum absolute atomic E-state index is 0.273. The minimum atomic E-state index is -0.927. The molecule has 2 aromatic carbocycles. The topological polar surface area (TPSA) is 58.6 Å². The first-order valence-electron chi connectivity index (χ1n) is 7.08. The van der Waals surface area contributed by atoms with Crippen LogP contribution >= 0.6 is 15.9 Å². The summed E-state index contributed by atoms with van der Waals surface area (Å²) in [5.74, 6) is -0.0951. The van der Waals surface area contributed by atoms with Gasteiger partial charge in [0.2, 0.25) is 0 Å². The van der Waals surface area contributed by atoms with Gasteiger partial charge in [0.05, 0.1) is 16.6 Å². The molecule has 0 heterocycles. The lowest BCUT2D eigenvalue weighted by atomic mass is 10.2. The summed E-state index contributed by atoms with van der Waals surface area (Å²) in [7, 11) is 0. The number of nitrogens with one attached hydrogen (secondary N) is 1. The first kappa shape index (κ1) is 16.4. The third kappa shape index (κ3) is 4.49. The quantitative estimate of drug-likeness (QED) is 0.757. The van der Waals surface area contributed by atoms with E-state index in [1.807, 2.05) is 24.3 Å². The molecule has 0 bridgehead atoms. The Kier molecular flexibility index (Phi) is 5.83. The van der Waals surface area contributed by atoms with E-state index in [1.54, 1.807) is 18.2 Å². The van der Waals surface area contributed by atoms with E-state index in [2.05, 4.69) is 28.2 Å². The van der Waals surface area contributed by atoms with Crippen molar-refractivity contribution in [1.82, 2.24) is 0 Å². The van der Waals surface area contributed by atoms with E-state index >= 15 is 0 Å². The molecule has 0 aliphatic carbocycles. The Labute approximate surface area is 138 Å². The van der Waals surface area contributed by atoms with Gasteiger partial charge in [-0.2, -0.15) is 0 Å². The van der Waals surface area contributed by atoms with Gasteiger partial charge in [0.25, 0.3) is 0 Å². The molecule has 0 fully saturated rings. The van der Waals surface area contributed by atoms with Crippen molar-refractivity contribution >= 4 is 27.6 Å². The number of carboxylic acids is 1. The third-order valence-electron chi connectivity index (χ3n) is 3.06. The molecule has 0 aromatic heterocycles. The number of carbonyl (C=O) groups is 1. The number of hydrogen-bond acceptors (Lipinski definition) is 3. The largest absolute Gasteiger partial charge is 0.492 e. The average molecular weight is 364 g/mol. The highest BCUT2D eigenvalue weighted by Gasteiger charge is 2.05. The summed E-state index contributed by atoms with van der Waals surface area (Å²) in [6, 6.07) is 12.7. The Morgan fingerprint density at radius 2 is 2.09 bits per heavy atom. The number of hydrogen-bond donors (Lipinski definition) is 2. The van der Waals surface area contributed by atoms with Crippen molar-refractivity contribution in [3.05, 3.63) is 58.1 Å². The van der Waals surface area contributed by atoms with Gasteiger partial charge in [-0.25, -0.2) is 4.79 Å². The average Bonchev–Trinajstić information content (AvgIpc) is 2.52. The normalized spacial score (nSPS) is 10.3. The Morgan fingerprint density at radius 1 is 1.27 bits per heavy atom. The van der Waals surface area contributed by atoms with E-state index in [0.717, 1.165) is 27.9 Å². The summed E-state index contributed by atoms with van der Waals surface area (Å²) in [6.45, 7) is 3.37. The number of rotatable bonds is 7. The van der Waals surface area contributed by atoms with Crippen LogP contribution < -0.4 is 10.1 Å². The van der Waals surface area contributed by atoms with E-state index in [-0.39, 0.29) is 5.56 Å². The van der Waals surface area contributed by atoms with Gasteiger partial charge in [0.1, 0.15) is 5.75 Å². The monoisotopic (exact) mass is 363 g/mol. The number of carboxylic acid groups (broad SMARTS) is 1. The van der Waals surface area contributed by atoms with Crippen molar-refractivity contribution in [3.63, 3.8) is 0 Å². The molecule has 0 aliphatic heterocycles. The molecular weight excluding hydrogens is 346 g/mol. The lowest BCUT2D eigenvalue weighted by Crippen LogP contribution is -2.02. The molecule has 0 spiro atoms. The van der Waals surface area contributed by atoms with E-state index in [1.165, 1.54) is 0 Å². The SMILES string of the molecule is CCCOc1ccc(CNc2cccc(C(=O)O)c2)cc1Br. The van der Waals surface area contributed by atoms with Crippen LogP contribution in [0.15, 0.2) is 46.9 Å². The molecule has 5 heteroatoms. The number of halogens is 1. The summed E-state index contributed by atoms with van der Waals surface area (Å²) in [5.41, 5.74) is 2.13. The minimum Gasteiger partial charge on any atom is -0.492 e. The zero-order chi connectivity index (χ0) is 15.9. The van der Waals surface area contributed by atoms with Crippen molar-refractivity contribution in [2.45, 2.75) is 19.9 Å². The Bertz CT molecular complexity index is 658. The lowest BCUT2D eigenvalue weighted by Gasteiger charge is -2.10. The summed E-state index contributed by atoms with van der Waals surface area (Å²) in [5, 5.41) is 12.2. The second-order valence-corrected chi connectivity index (χ2v) is 5.71. The molecule has 0 saturated carbocycles. The number of ether oxygens (including phenoxy) is 1. The van der Waals surface area contributed by atoms with Crippen LogP contribution in [0.4, 0.5) is 5.69 Å². The van der Waals surface area contributed by atoms with Crippen LogP contribution in [0.3, 0.4) is 0 Å². The summed E-state index contributed by atoms with van der Waals surface area (Å²) in [6.07, 6.45) is 0.968. The molecule has 2 N–H and O–H groups in total. The van der Waals surface area contributed by atoms with Gasteiger partial charge in [-0.15, -0.1) is 0 Å². The maximum atomic E-state index is 10.9. The number of benzene rings is 2. The maximum absolute atomic E-state index is 10.9. The van der Waals surface area contributed by atoms with E-state index in [4.69, 9.17) is 9.84 Å². The predicted octanol–water partition coefficient (Wildman–Crippen LogP) is 4.55. The molecule has 0 radical (unpaired) electrons. The Hall–Kier alpha value is -2.01. The summed E-state index contributed by atoms with van der Waals surface area (Å²) >= 11 is 3.50. The van der Waals surface area contributed by atoms with Gasteiger partial charge in [-0.05, 0) is 58.2 Å². The van der Waals surface area contributed by atoms with E-state index < -0.39 is 5.97 Å². The van der Waals surface area contributed by atoms with Gasteiger partial charge in [0.15, 0.2) is 0 Å². The van der Waals surface area contributed by atoms with E-state index in [0.29, 0.717) is 13.2 Å². The highest BCUT2D eigenvalue weighted by molar-refractivity contribution is 9.10. The molecule has 2 rings (SSSR count). The van der Waals surface area contributed by atoms with Crippen LogP contribution in [0, 0.1) is 0 Å². The van der Waals surface area contributed by atoms with Gasteiger partial charge in [0, 0.05) is 12.2 Å². The first-order chi connectivity index (χ1) is 10.6. The zero-order valence-corrected chi connectivity index (χ0v) is 13.9. The van der Waals surface area contributed by atoms with Gasteiger partial charge >= 0.3 is 5.97 Å². The van der Waals surface area contributed by atoms with Crippen molar-refractivity contribution < 1.29 is 14.6 Å². The fourth-order valence-electron chi connectivity index (χ4n) is 1.95. The van der Waals surface area contributed by atoms with Crippen LogP contribution in [0.25, 0.3) is 0 Å². The van der Waals surface area contributed by atoms with E-state index in [9.17, 15) is 4.79 Å². The summed E-state index contributed by atoms with van der Waals surface area (Å²) < 4.78 is 6.53. The van der Waals surface area contributed by atoms with Gasteiger partial charge in [-0.3, -0.25) is 0 Å². The maximum Gasteiger partial charge on any atom is 0.335 e. The van der Waals surface area contributed by atoms with Gasteiger partial charge < -0.3 is 15.2 Å². The van der Waals surface area contributed by atoms with Gasteiger partial charge in [-0.1, -0.05) is 19.1 Å². The molecule has 0 aliphatic rings. The molecule has 22 heavy (non-hydrogen) atoms. The molecule has 0 amide bonds. The van der Waals surface area contributed by atoms with Crippen molar-refractivity contribution in [2.75, 3.05) is 11.9 Å². The lowest BCUT2D eigenvalue weighted by molar-refractivity contribution is 0.0697. The number of aromatic carboxylic acids is 1. The van der Waals surface area contributed by atoms with Crippen LogP contribution in [-0.4, -0.2) is 17.7 Å². The predicted molar refractivity (Wildman–Crippen MR) is 90.7 cm³/mol. The zero-order valence-electron chi connectivity index (χ0n) is 12.3.